The summed E-state index contributed by atoms with van der Waals surface area (Å²) in [7, 11) is 3.71. The van der Waals surface area contributed by atoms with Crippen LogP contribution in [-0.4, -0.2) is 62.3 Å². The average Bonchev–Trinajstić information content (AvgIpc) is 3.00. The van der Waals surface area contributed by atoms with E-state index in [-0.39, 0.29) is 24.0 Å². The van der Waals surface area contributed by atoms with E-state index < -0.39 is 0 Å². The van der Waals surface area contributed by atoms with E-state index in [1.807, 2.05) is 17.9 Å². The molecule has 0 aliphatic heterocycles. The number of nitrogens with one attached hydrogen (secondary N) is 2. The zero-order valence-electron chi connectivity index (χ0n) is 15.8. The first-order chi connectivity index (χ1) is 11.8. The van der Waals surface area contributed by atoms with Crippen LogP contribution in [-0.2, 0) is 22.9 Å². The molecule has 0 unspecified atom stereocenters. The van der Waals surface area contributed by atoms with Crippen molar-refractivity contribution in [2.75, 3.05) is 46.6 Å². The third-order valence-electron chi connectivity index (χ3n) is 3.47. The third kappa shape index (κ3) is 13.1. The molecule has 1 aromatic rings. The maximum atomic E-state index is 5.52. The van der Waals surface area contributed by atoms with Gasteiger partial charge in [0.25, 0.3) is 0 Å². The molecule has 0 bridgehead atoms. The largest absolute Gasteiger partial charge is 0.379 e. The topological polar surface area (TPSA) is 72.7 Å². The highest BCUT2D eigenvalue weighted by molar-refractivity contribution is 14.0. The molecule has 0 spiro atoms. The molecule has 0 fully saturated rings. The standard InChI is InChI=1S/C17H33N5O2.HI/c1-4-5-10-23-12-13-24-11-9-20-17(18-2)19-8-6-7-16-14-21-22(3)15-16;/h14-15H,4-13H2,1-3H3,(H2,18,19,20);1H. The molecule has 0 saturated carbocycles. The molecule has 1 rings (SSSR count). The highest BCUT2D eigenvalue weighted by Crippen LogP contribution is 1.99. The van der Waals surface area contributed by atoms with E-state index in [4.69, 9.17) is 9.47 Å². The van der Waals surface area contributed by atoms with Gasteiger partial charge in [-0.2, -0.15) is 5.10 Å². The monoisotopic (exact) mass is 467 g/mol. The Balaban J connectivity index is 0.00000576. The van der Waals surface area contributed by atoms with Crippen molar-refractivity contribution in [3.63, 3.8) is 0 Å². The molecule has 2 N–H and O–H groups in total. The second-order valence-corrected chi connectivity index (χ2v) is 5.63. The van der Waals surface area contributed by atoms with Gasteiger partial charge in [-0.1, -0.05) is 13.3 Å². The van der Waals surface area contributed by atoms with E-state index in [1.165, 1.54) is 12.0 Å². The van der Waals surface area contributed by atoms with E-state index >= 15 is 0 Å². The Morgan fingerprint density at radius 2 is 1.84 bits per heavy atom. The van der Waals surface area contributed by atoms with Crippen LogP contribution in [0.4, 0.5) is 0 Å². The van der Waals surface area contributed by atoms with Gasteiger partial charge in [-0.25, -0.2) is 0 Å². The van der Waals surface area contributed by atoms with Crippen LogP contribution in [0.1, 0.15) is 31.7 Å². The zero-order chi connectivity index (χ0) is 17.5. The molecular weight excluding hydrogens is 433 g/mol. The van der Waals surface area contributed by atoms with Crippen molar-refractivity contribution in [2.24, 2.45) is 12.0 Å². The summed E-state index contributed by atoms with van der Waals surface area (Å²) in [5.74, 6) is 0.809. The summed E-state index contributed by atoms with van der Waals surface area (Å²) in [6.07, 6.45) is 8.30. The third-order valence-corrected chi connectivity index (χ3v) is 3.47. The Morgan fingerprint density at radius 3 is 2.48 bits per heavy atom. The highest BCUT2D eigenvalue weighted by Gasteiger charge is 1.99. The summed E-state index contributed by atoms with van der Waals surface area (Å²) in [5.41, 5.74) is 1.26. The van der Waals surface area contributed by atoms with Crippen LogP contribution in [0.5, 0.6) is 0 Å². The van der Waals surface area contributed by atoms with Crippen LogP contribution >= 0.6 is 24.0 Å². The second-order valence-electron chi connectivity index (χ2n) is 5.63. The molecule has 0 aliphatic rings. The Morgan fingerprint density at radius 1 is 1.12 bits per heavy atom. The number of aryl methyl sites for hydroxylation is 2. The maximum absolute atomic E-state index is 5.52. The van der Waals surface area contributed by atoms with Gasteiger partial charge in [0.15, 0.2) is 5.96 Å². The van der Waals surface area contributed by atoms with Gasteiger partial charge in [0.1, 0.15) is 0 Å². The van der Waals surface area contributed by atoms with Crippen molar-refractivity contribution in [2.45, 2.75) is 32.6 Å². The summed E-state index contributed by atoms with van der Waals surface area (Å²) in [5, 5.41) is 10.7. The van der Waals surface area contributed by atoms with Crippen molar-refractivity contribution in [3.05, 3.63) is 18.0 Å². The number of hydrogen-bond donors (Lipinski definition) is 2. The Bertz CT molecular complexity index is 454. The molecule has 7 nitrogen and oxygen atoms in total. The molecule has 0 saturated heterocycles. The summed E-state index contributed by atoms with van der Waals surface area (Å²) in [6, 6.07) is 0. The lowest BCUT2D eigenvalue weighted by Crippen LogP contribution is -2.39. The van der Waals surface area contributed by atoms with Crippen molar-refractivity contribution < 1.29 is 9.47 Å². The van der Waals surface area contributed by atoms with Crippen LogP contribution in [0.25, 0.3) is 0 Å². The summed E-state index contributed by atoms with van der Waals surface area (Å²) in [4.78, 5) is 4.20. The van der Waals surface area contributed by atoms with E-state index in [2.05, 4.69) is 33.8 Å². The summed E-state index contributed by atoms with van der Waals surface area (Å²) in [6.45, 7) is 6.55. The quantitative estimate of drug-likeness (QED) is 0.201. The van der Waals surface area contributed by atoms with E-state index in [0.717, 1.165) is 44.9 Å². The predicted octanol–water partition coefficient (Wildman–Crippen LogP) is 1.97. The lowest BCUT2D eigenvalue weighted by molar-refractivity contribution is 0.0487. The summed E-state index contributed by atoms with van der Waals surface area (Å²) < 4.78 is 12.8. The first-order valence-electron chi connectivity index (χ1n) is 8.83. The van der Waals surface area contributed by atoms with Crippen molar-refractivity contribution in [1.29, 1.82) is 0 Å². The number of guanidine groups is 1. The number of hydrogen-bond acceptors (Lipinski definition) is 4. The van der Waals surface area contributed by atoms with Crippen molar-refractivity contribution >= 4 is 29.9 Å². The first kappa shape index (κ1) is 24.1. The van der Waals surface area contributed by atoms with Gasteiger partial charge in [-0.3, -0.25) is 9.67 Å². The first-order valence-corrected chi connectivity index (χ1v) is 8.83. The minimum atomic E-state index is 0. The maximum Gasteiger partial charge on any atom is 0.191 e. The van der Waals surface area contributed by atoms with Crippen molar-refractivity contribution in [1.82, 2.24) is 20.4 Å². The minimum Gasteiger partial charge on any atom is -0.379 e. The van der Waals surface area contributed by atoms with Crippen LogP contribution in [0.15, 0.2) is 17.4 Å². The van der Waals surface area contributed by atoms with E-state index in [0.29, 0.717) is 19.8 Å². The molecule has 1 aromatic heterocycles. The number of aromatic nitrogens is 2. The van der Waals surface area contributed by atoms with Gasteiger partial charge < -0.3 is 20.1 Å². The molecular formula is C17H34IN5O2. The molecule has 146 valence electrons. The smallest absolute Gasteiger partial charge is 0.191 e. The fourth-order valence-electron chi connectivity index (χ4n) is 2.13. The van der Waals surface area contributed by atoms with E-state index in [1.54, 1.807) is 7.05 Å². The van der Waals surface area contributed by atoms with Crippen LogP contribution in [0, 0.1) is 0 Å². The van der Waals surface area contributed by atoms with Crippen LogP contribution in [0.3, 0.4) is 0 Å². The van der Waals surface area contributed by atoms with Gasteiger partial charge in [-0.05, 0) is 24.8 Å². The van der Waals surface area contributed by atoms with Gasteiger partial charge >= 0.3 is 0 Å². The van der Waals surface area contributed by atoms with Crippen molar-refractivity contribution in [3.8, 4) is 0 Å². The zero-order valence-corrected chi connectivity index (χ0v) is 18.1. The lowest BCUT2D eigenvalue weighted by Gasteiger charge is -2.12. The average molecular weight is 467 g/mol. The normalized spacial score (nSPS) is 11.2. The fraction of sp³-hybridized carbons (Fsp3) is 0.765. The number of nitrogens with zero attached hydrogens (tertiary/aromatic N) is 3. The molecule has 25 heavy (non-hydrogen) atoms. The van der Waals surface area contributed by atoms with Crippen LogP contribution in [0.2, 0.25) is 0 Å². The number of halogens is 1. The Labute approximate surface area is 169 Å². The molecule has 1 heterocycles. The minimum absolute atomic E-state index is 0. The molecule has 0 amide bonds. The fourth-order valence-corrected chi connectivity index (χ4v) is 2.13. The van der Waals surface area contributed by atoms with Gasteiger partial charge in [0, 0.05) is 40.0 Å². The molecule has 0 atom stereocenters. The SMILES string of the molecule is CCCCOCCOCCNC(=NC)NCCCc1cnn(C)c1.I. The molecule has 0 aromatic carbocycles. The molecule has 0 radical (unpaired) electrons. The number of aliphatic imine (C=N–C) groups is 1. The number of unbranched alkanes of at least 4 members (excludes halogenated alkanes) is 1. The molecule has 8 heteroatoms. The second kappa shape index (κ2) is 16.6. The van der Waals surface area contributed by atoms with E-state index in [9.17, 15) is 0 Å². The van der Waals surface area contributed by atoms with Gasteiger partial charge in [0.2, 0.25) is 0 Å². The lowest BCUT2D eigenvalue weighted by atomic mass is 10.2. The Kier molecular flexibility index (Phi) is 16.0. The Hall–Kier alpha value is -0.870. The molecule has 0 aliphatic carbocycles. The number of rotatable bonds is 13. The van der Waals surface area contributed by atoms with Gasteiger partial charge in [-0.15, -0.1) is 24.0 Å². The predicted molar refractivity (Wildman–Crippen MR) is 113 cm³/mol. The van der Waals surface area contributed by atoms with Crippen LogP contribution < -0.4 is 10.6 Å². The van der Waals surface area contributed by atoms with Gasteiger partial charge in [0.05, 0.1) is 26.0 Å². The number of ether oxygens (including phenoxy) is 2. The summed E-state index contributed by atoms with van der Waals surface area (Å²) >= 11 is 0. The highest BCUT2D eigenvalue weighted by atomic mass is 127.